The smallest absolute Gasteiger partial charge is 0.191 e. The summed E-state index contributed by atoms with van der Waals surface area (Å²) in [6.07, 6.45) is 4.95. The predicted octanol–water partition coefficient (Wildman–Crippen LogP) is 3.70. The fourth-order valence-electron chi connectivity index (χ4n) is 2.29. The molecule has 0 aromatic heterocycles. The average molecular weight is 412 g/mol. The molecular weight excluding hydrogens is 392 g/mol. The topological polar surface area (TPSA) is 36.4 Å². The quantitative estimate of drug-likeness (QED) is 0.452. The van der Waals surface area contributed by atoms with Gasteiger partial charge >= 0.3 is 0 Å². The Hall–Kier alpha value is -0.560. The molecule has 0 aliphatic heterocycles. The van der Waals surface area contributed by atoms with E-state index in [1.54, 1.807) is 19.2 Å². The van der Waals surface area contributed by atoms with E-state index in [0.29, 0.717) is 12.6 Å². The van der Waals surface area contributed by atoms with Crippen LogP contribution in [-0.2, 0) is 6.54 Å². The highest BCUT2D eigenvalue weighted by Crippen LogP contribution is 2.18. The molecular formula is C14H20ClFIN3. The van der Waals surface area contributed by atoms with Crippen LogP contribution in [0.1, 0.15) is 31.2 Å². The van der Waals surface area contributed by atoms with Gasteiger partial charge in [0, 0.05) is 19.6 Å². The molecule has 0 bridgehead atoms. The van der Waals surface area contributed by atoms with E-state index in [0.717, 1.165) is 11.5 Å². The first kappa shape index (κ1) is 17.5. The van der Waals surface area contributed by atoms with Gasteiger partial charge in [0.15, 0.2) is 5.96 Å². The zero-order valence-corrected chi connectivity index (χ0v) is 14.5. The highest BCUT2D eigenvalue weighted by atomic mass is 127. The molecule has 0 spiro atoms. The molecule has 0 heterocycles. The van der Waals surface area contributed by atoms with Crippen LogP contribution < -0.4 is 10.6 Å². The molecule has 0 saturated heterocycles. The van der Waals surface area contributed by atoms with Gasteiger partial charge in [-0.25, -0.2) is 4.39 Å². The van der Waals surface area contributed by atoms with Crippen LogP contribution in [0.25, 0.3) is 0 Å². The lowest BCUT2D eigenvalue weighted by Gasteiger charge is -2.16. The number of nitrogens with one attached hydrogen (secondary N) is 2. The Morgan fingerprint density at radius 3 is 2.70 bits per heavy atom. The molecule has 1 fully saturated rings. The van der Waals surface area contributed by atoms with Crippen molar-refractivity contribution in [2.24, 2.45) is 4.99 Å². The van der Waals surface area contributed by atoms with Crippen LogP contribution in [0, 0.1) is 5.82 Å². The van der Waals surface area contributed by atoms with Gasteiger partial charge in [0.1, 0.15) is 5.82 Å². The second-order valence-corrected chi connectivity index (χ2v) is 5.21. The van der Waals surface area contributed by atoms with Crippen molar-refractivity contribution in [2.75, 3.05) is 7.05 Å². The van der Waals surface area contributed by atoms with Crippen molar-refractivity contribution in [1.29, 1.82) is 0 Å². The SMILES string of the molecule is CN=C(NCc1ccc(F)c(Cl)c1)NC1CCCC1.I. The van der Waals surface area contributed by atoms with Gasteiger partial charge < -0.3 is 10.6 Å². The zero-order chi connectivity index (χ0) is 13.7. The Bertz CT molecular complexity index is 462. The third-order valence-electron chi connectivity index (χ3n) is 3.36. The van der Waals surface area contributed by atoms with E-state index in [-0.39, 0.29) is 34.8 Å². The highest BCUT2D eigenvalue weighted by molar-refractivity contribution is 14.0. The summed E-state index contributed by atoms with van der Waals surface area (Å²) in [5.41, 5.74) is 0.931. The van der Waals surface area contributed by atoms with Crippen LogP contribution >= 0.6 is 35.6 Å². The van der Waals surface area contributed by atoms with Gasteiger partial charge in [-0.2, -0.15) is 0 Å². The van der Waals surface area contributed by atoms with Gasteiger partial charge in [0.05, 0.1) is 5.02 Å². The first-order valence-electron chi connectivity index (χ1n) is 6.60. The van der Waals surface area contributed by atoms with Crippen molar-refractivity contribution in [3.63, 3.8) is 0 Å². The maximum absolute atomic E-state index is 13.0. The van der Waals surface area contributed by atoms with Crippen LogP contribution in [0.4, 0.5) is 4.39 Å². The van der Waals surface area contributed by atoms with Crippen LogP contribution in [-0.4, -0.2) is 19.0 Å². The maximum Gasteiger partial charge on any atom is 0.191 e. The van der Waals surface area contributed by atoms with Crippen LogP contribution in [0.2, 0.25) is 5.02 Å². The Morgan fingerprint density at radius 1 is 1.40 bits per heavy atom. The highest BCUT2D eigenvalue weighted by Gasteiger charge is 2.15. The molecule has 1 aliphatic carbocycles. The van der Waals surface area contributed by atoms with Crippen molar-refractivity contribution in [2.45, 2.75) is 38.3 Å². The lowest BCUT2D eigenvalue weighted by molar-refractivity contribution is 0.612. The minimum atomic E-state index is -0.390. The number of rotatable bonds is 3. The molecule has 3 nitrogen and oxygen atoms in total. The van der Waals surface area contributed by atoms with Gasteiger partial charge in [0.2, 0.25) is 0 Å². The van der Waals surface area contributed by atoms with Gasteiger partial charge in [-0.1, -0.05) is 30.5 Å². The summed E-state index contributed by atoms with van der Waals surface area (Å²) in [5, 5.41) is 6.76. The number of hydrogen-bond acceptors (Lipinski definition) is 1. The molecule has 1 saturated carbocycles. The molecule has 2 rings (SSSR count). The van der Waals surface area contributed by atoms with Crippen molar-refractivity contribution in [3.05, 3.63) is 34.6 Å². The fourth-order valence-corrected chi connectivity index (χ4v) is 2.50. The Kier molecular flexibility index (Phi) is 7.58. The van der Waals surface area contributed by atoms with Crippen LogP contribution in [0.5, 0.6) is 0 Å². The lowest BCUT2D eigenvalue weighted by Crippen LogP contribution is -2.41. The molecule has 0 unspecified atom stereocenters. The molecule has 0 atom stereocenters. The van der Waals surface area contributed by atoms with E-state index in [4.69, 9.17) is 11.6 Å². The summed E-state index contributed by atoms with van der Waals surface area (Å²) < 4.78 is 13.0. The number of aliphatic imine (C=N–C) groups is 1. The van der Waals surface area contributed by atoms with Crippen molar-refractivity contribution in [1.82, 2.24) is 10.6 Å². The fraction of sp³-hybridized carbons (Fsp3) is 0.500. The third kappa shape index (κ3) is 5.09. The lowest BCUT2D eigenvalue weighted by atomic mass is 10.2. The van der Waals surface area contributed by atoms with E-state index in [9.17, 15) is 4.39 Å². The van der Waals surface area contributed by atoms with Crippen molar-refractivity contribution < 1.29 is 4.39 Å². The van der Waals surface area contributed by atoms with Gasteiger partial charge in [0.25, 0.3) is 0 Å². The van der Waals surface area contributed by atoms with Crippen molar-refractivity contribution in [3.8, 4) is 0 Å². The summed E-state index contributed by atoms with van der Waals surface area (Å²) in [5.74, 6) is 0.395. The second kappa shape index (κ2) is 8.67. The average Bonchev–Trinajstić information content (AvgIpc) is 2.91. The zero-order valence-electron chi connectivity index (χ0n) is 11.5. The maximum atomic E-state index is 13.0. The Balaban J connectivity index is 0.00000200. The molecule has 1 aliphatic rings. The van der Waals surface area contributed by atoms with Gasteiger partial charge in [-0.15, -0.1) is 24.0 Å². The minimum Gasteiger partial charge on any atom is -0.354 e. The summed E-state index contributed by atoms with van der Waals surface area (Å²) in [6.45, 7) is 0.576. The summed E-state index contributed by atoms with van der Waals surface area (Å²) in [4.78, 5) is 4.19. The van der Waals surface area contributed by atoms with E-state index >= 15 is 0 Å². The van der Waals surface area contributed by atoms with E-state index in [1.807, 2.05) is 0 Å². The largest absolute Gasteiger partial charge is 0.354 e. The Morgan fingerprint density at radius 2 is 2.10 bits per heavy atom. The van der Waals surface area contributed by atoms with Gasteiger partial charge in [-0.3, -0.25) is 4.99 Å². The number of guanidine groups is 1. The monoisotopic (exact) mass is 411 g/mol. The molecule has 20 heavy (non-hydrogen) atoms. The second-order valence-electron chi connectivity index (χ2n) is 4.80. The number of halogens is 3. The van der Waals surface area contributed by atoms with Crippen LogP contribution in [0.15, 0.2) is 23.2 Å². The molecule has 6 heteroatoms. The number of benzene rings is 1. The molecule has 0 amide bonds. The minimum absolute atomic E-state index is 0. The predicted molar refractivity (Wildman–Crippen MR) is 92.4 cm³/mol. The van der Waals surface area contributed by atoms with Gasteiger partial charge in [-0.05, 0) is 30.5 Å². The first-order valence-corrected chi connectivity index (χ1v) is 6.98. The summed E-state index contributed by atoms with van der Waals surface area (Å²) in [6, 6.07) is 5.25. The molecule has 112 valence electrons. The first-order chi connectivity index (χ1) is 9.19. The third-order valence-corrected chi connectivity index (χ3v) is 3.65. The molecule has 1 aromatic carbocycles. The van der Waals surface area contributed by atoms with Crippen LogP contribution in [0.3, 0.4) is 0 Å². The molecule has 1 aromatic rings. The summed E-state index contributed by atoms with van der Waals surface area (Å²) in [7, 11) is 1.75. The molecule has 0 radical (unpaired) electrons. The number of hydrogen-bond donors (Lipinski definition) is 2. The normalized spacial score (nSPS) is 15.8. The van der Waals surface area contributed by atoms with Crippen molar-refractivity contribution >= 4 is 41.5 Å². The standard InChI is InChI=1S/C14H19ClFN3.HI/c1-17-14(19-11-4-2-3-5-11)18-9-10-6-7-13(16)12(15)8-10;/h6-8,11H,2-5,9H2,1H3,(H2,17,18,19);1H. The van der Waals surface area contributed by atoms with E-state index in [2.05, 4.69) is 15.6 Å². The molecule has 2 N–H and O–H groups in total. The summed E-state index contributed by atoms with van der Waals surface area (Å²) >= 11 is 5.75. The van der Waals surface area contributed by atoms with E-state index < -0.39 is 0 Å². The Labute approximate surface area is 141 Å². The van der Waals surface area contributed by atoms with E-state index in [1.165, 1.54) is 31.7 Å². The number of nitrogens with zero attached hydrogens (tertiary/aromatic N) is 1.